The van der Waals surface area contributed by atoms with E-state index in [1.807, 2.05) is 24.3 Å². The third-order valence-electron chi connectivity index (χ3n) is 6.42. The maximum Gasteiger partial charge on any atom is 0.303 e. The Hall–Kier alpha value is -3.23. The average Bonchev–Trinajstić information content (AvgIpc) is 3.11. The van der Waals surface area contributed by atoms with Crippen LogP contribution in [0.15, 0.2) is 42.5 Å². The molecule has 8 nitrogen and oxygen atoms in total. The molecule has 2 N–H and O–H groups in total. The number of carboxylic acid groups (broad SMARTS) is 1. The molecule has 1 atom stereocenters. The van der Waals surface area contributed by atoms with E-state index in [9.17, 15) is 9.90 Å². The molecule has 2 aliphatic rings. The molecule has 1 aromatic carbocycles. The number of aromatic nitrogens is 3. The lowest BCUT2D eigenvalue weighted by Gasteiger charge is -2.29. The van der Waals surface area contributed by atoms with Crippen molar-refractivity contribution in [2.45, 2.75) is 44.9 Å². The molecule has 8 heteroatoms. The zero-order valence-corrected chi connectivity index (χ0v) is 18.5. The van der Waals surface area contributed by atoms with Gasteiger partial charge in [-0.1, -0.05) is 18.2 Å². The molecule has 3 aromatic rings. The molecule has 0 unspecified atom stereocenters. The minimum Gasteiger partial charge on any atom is -0.493 e. The molecule has 0 bridgehead atoms. The number of carbonyl (C=O) groups is 1. The number of rotatable bonds is 8. The molecule has 5 rings (SSSR count). The van der Waals surface area contributed by atoms with E-state index in [4.69, 9.17) is 14.8 Å². The van der Waals surface area contributed by atoms with Gasteiger partial charge >= 0.3 is 5.97 Å². The molecular formula is C25H28N4O4. The fourth-order valence-corrected chi connectivity index (χ4v) is 4.48. The predicted octanol–water partition coefficient (Wildman–Crippen LogP) is 3.23. The third-order valence-corrected chi connectivity index (χ3v) is 6.42. The fraction of sp³-hybridized carbons (Fsp3) is 0.400. The molecule has 2 aromatic heterocycles. The zero-order chi connectivity index (χ0) is 22.8. The molecule has 0 amide bonds. The van der Waals surface area contributed by atoms with Gasteiger partial charge in [-0.25, -0.2) is 9.97 Å². The highest BCUT2D eigenvalue weighted by Crippen LogP contribution is 2.26. The number of imidazole rings is 1. The average molecular weight is 449 g/mol. The predicted molar refractivity (Wildman–Crippen MR) is 124 cm³/mol. The number of fused-ring (bicyclic) bond motifs is 1. The van der Waals surface area contributed by atoms with Crippen LogP contribution in [0.1, 0.15) is 36.3 Å². The van der Waals surface area contributed by atoms with E-state index in [1.54, 1.807) is 6.07 Å². The van der Waals surface area contributed by atoms with Crippen LogP contribution in [-0.4, -0.2) is 61.4 Å². The number of carboxylic acids is 1. The number of ether oxygens (including phenoxy) is 1. The Morgan fingerprint density at radius 2 is 2.09 bits per heavy atom. The number of hydrogen-bond acceptors (Lipinski definition) is 6. The van der Waals surface area contributed by atoms with E-state index in [1.165, 1.54) is 0 Å². The Morgan fingerprint density at radius 1 is 1.21 bits per heavy atom. The molecule has 4 heterocycles. The van der Waals surface area contributed by atoms with E-state index in [0.717, 1.165) is 79.3 Å². The van der Waals surface area contributed by atoms with Crippen LogP contribution >= 0.6 is 0 Å². The first-order valence-electron chi connectivity index (χ1n) is 11.4. The molecule has 1 fully saturated rings. The van der Waals surface area contributed by atoms with Gasteiger partial charge in [-0.15, -0.1) is 0 Å². The maximum absolute atomic E-state index is 10.9. The van der Waals surface area contributed by atoms with Crippen LogP contribution in [0.25, 0.3) is 16.6 Å². The largest absolute Gasteiger partial charge is 0.493 e. The first kappa shape index (κ1) is 21.6. The maximum atomic E-state index is 10.9. The van der Waals surface area contributed by atoms with Gasteiger partial charge in [0.2, 0.25) is 5.88 Å². The van der Waals surface area contributed by atoms with Crippen LogP contribution in [0.4, 0.5) is 0 Å². The number of pyridine rings is 1. The topological polar surface area (TPSA) is 101 Å². The summed E-state index contributed by atoms with van der Waals surface area (Å²) < 4.78 is 7.96. The van der Waals surface area contributed by atoms with Crippen LogP contribution in [0.3, 0.4) is 0 Å². The molecule has 0 aliphatic carbocycles. The van der Waals surface area contributed by atoms with Crippen LogP contribution in [0, 0.1) is 0 Å². The van der Waals surface area contributed by atoms with Gasteiger partial charge in [-0.2, -0.15) is 0 Å². The number of hydrogen-bond donors (Lipinski definition) is 2. The lowest BCUT2D eigenvalue weighted by atomic mass is 10.0. The smallest absolute Gasteiger partial charge is 0.303 e. The van der Waals surface area contributed by atoms with Crippen molar-refractivity contribution in [3.63, 3.8) is 0 Å². The Kier molecular flexibility index (Phi) is 6.11. The highest BCUT2D eigenvalue weighted by Gasteiger charge is 2.23. The summed E-state index contributed by atoms with van der Waals surface area (Å²) in [7, 11) is 0. The first-order valence-corrected chi connectivity index (χ1v) is 11.4. The molecule has 2 aliphatic heterocycles. The van der Waals surface area contributed by atoms with E-state index in [2.05, 4.69) is 26.6 Å². The van der Waals surface area contributed by atoms with Gasteiger partial charge in [0.25, 0.3) is 0 Å². The summed E-state index contributed by atoms with van der Waals surface area (Å²) in [6.07, 6.45) is 4.94. The quantitative estimate of drug-likeness (QED) is 0.546. The van der Waals surface area contributed by atoms with Gasteiger partial charge in [0, 0.05) is 32.2 Å². The summed E-state index contributed by atoms with van der Waals surface area (Å²) >= 11 is 0. The third kappa shape index (κ3) is 4.91. The minimum absolute atomic E-state index is 0.0467. The Labute approximate surface area is 192 Å². The normalized spacial score (nSPS) is 18.8. The Balaban J connectivity index is 1.36. The van der Waals surface area contributed by atoms with Crippen LogP contribution in [0.2, 0.25) is 0 Å². The highest BCUT2D eigenvalue weighted by atomic mass is 16.5. The number of aromatic hydroxyl groups is 1. The van der Waals surface area contributed by atoms with Crippen molar-refractivity contribution in [1.82, 2.24) is 19.4 Å². The number of aliphatic carboxylic acids is 1. The SMILES string of the molecule is O=C(O)CCc1ccc2c(c1)nc(CN1CC=C(c3cccc(O)n3)CC1)n2C[C@@H]1CCO1. The van der Waals surface area contributed by atoms with Crippen molar-refractivity contribution in [1.29, 1.82) is 0 Å². The van der Waals surface area contributed by atoms with Crippen LogP contribution in [0.5, 0.6) is 5.88 Å². The number of aryl methyl sites for hydroxylation is 1. The standard InChI is InChI=1S/C25H28N4O4/c30-24-3-1-2-20(27-24)18-8-11-28(12-9-18)16-23-26-21-14-17(5-7-25(31)32)4-6-22(21)29(23)15-19-10-13-33-19/h1-4,6,8,14,19H,5,7,9-13,15-16H2,(H,27,30)(H,31,32)/t19-/m0/s1. The zero-order valence-electron chi connectivity index (χ0n) is 18.5. The molecule has 0 spiro atoms. The second-order valence-corrected chi connectivity index (χ2v) is 8.73. The van der Waals surface area contributed by atoms with Gasteiger partial charge in [0.15, 0.2) is 0 Å². The Morgan fingerprint density at radius 3 is 2.79 bits per heavy atom. The molecule has 33 heavy (non-hydrogen) atoms. The van der Waals surface area contributed by atoms with Gasteiger partial charge in [-0.3, -0.25) is 9.69 Å². The van der Waals surface area contributed by atoms with Gasteiger partial charge in [0.1, 0.15) is 5.82 Å². The lowest BCUT2D eigenvalue weighted by Crippen LogP contribution is -2.33. The molecular weight excluding hydrogens is 420 g/mol. The Bertz CT molecular complexity index is 1200. The first-order chi connectivity index (χ1) is 16.0. The van der Waals surface area contributed by atoms with Crippen molar-refractivity contribution in [2.75, 3.05) is 19.7 Å². The summed E-state index contributed by atoms with van der Waals surface area (Å²) in [5.41, 5.74) is 4.95. The van der Waals surface area contributed by atoms with Crippen molar-refractivity contribution >= 4 is 22.6 Å². The van der Waals surface area contributed by atoms with Crippen LogP contribution in [-0.2, 0) is 29.0 Å². The van der Waals surface area contributed by atoms with Crippen molar-refractivity contribution in [3.05, 3.63) is 59.6 Å². The lowest BCUT2D eigenvalue weighted by molar-refractivity contribution is -0.136. The van der Waals surface area contributed by atoms with Gasteiger partial charge < -0.3 is 19.5 Å². The summed E-state index contributed by atoms with van der Waals surface area (Å²) in [6, 6.07) is 11.4. The number of benzene rings is 1. The molecule has 0 saturated carbocycles. The van der Waals surface area contributed by atoms with E-state index in [0.29, 0.717) is 6.42 Å². The highest BCUT2D eigenvalue weighted by molar-refractivity contribution is 5.77. The summed E-state index contributed by atoms with van der Waals surface area (Å²) in [5, 5.41) is 18.7. The summed E-state index contributed by atoms with van der Waals surface area (Å²) in [4.78, 5) is 22.5. The van der Waals surface area contributed by atoms with E-state index < -0.39 is 5.97 Å². The summed E-state index contributed by atoms with van der Waals surface area (Å²) in [5.74, 6) is 0.260. The summed E-state index contributed by atoms with van der Waals surface area (Å²) in [6.45, 7) is 4.00. The second-order valence-electron chi connectivity index (χ2n) is 8.73. The van der Waals surface area contributed by atoms with Gasteiger partial charge in [-0.05, 0) is 48.6 Å². The van der Waals surface area contributed by atoms with Crippen molar-refractivity contribution < 1.29 is 19.7 Å². The number of nitrogens with zero attached hydrogens (tertiary/aromatic N) is 4. The molecule has 1 saturated heterocycles. The van der Waals surface area contributed by atoms with Crippen LogP contribution < -0.4 is 0 Å². The van der Waals surface area contributed by atoms with Crippen molar-refractivity contribution in [3.8, 4) is 5.88 Å². The second kappa shape index (κ2) is 9.33. The van der Waals surface area contributed by atoms with E-state index in [-0.39, 0.29) is 18.4 Å². The minimum atomic E-state index is -0.790. The molecule has 0 radical (unpaired) electrons. The molecule has 172 valence electrons. The van der Waals surface area contributed by atoms with Gasteiger partial charge in [0.05, 0.1) is 35.9 Å². The van der Waals surface area contributed by atoms with E-state index >= 15 is 0 Å². The fourth-order valence-electron chi connectivity index (χ4n) is 4.48. The monoisotopic (exact) mass is 448 g/mol. The van der Waals surface area contributed by atoms with Crippen molar-refractivity contribution in [2.24, 2.45) is 0 Å².